The summed E-state index contributed by atoms with van der Waals surface area (Å²) in [5, 5.41) is 0. The van der Waals surface area contributed by atoms with E-state index in [1.54, 1.807) is 25.3 Å². The van der Waals surface area contributed by atoms with Crippen molar-refractivity contribution in [2.45, 2.75) is 25.7 Å². The summed E-state index contributed by atoms with van der Waals surface area (Å²) in [5.74, 6) is 0.570. The van der Waals surface area contributed by atoms with Gasteiger partial charge in [-0.2, -0.15) is 0 Å². The van der Waals surface area contributed by atoms with Gasteiger partial charge in [0.1, 0.15) is 11.6 Å². The molecule has 120 valence electrons. The standard InChI is InChI=1S/C17H18FN3O2/c1-12(22)21-7-3-4-13(11-21)16-9-19-10-17(20-16)23-15-6-2-5-14(18)8-15/h2,5-6,8-10,13H,3-4,7,11H2,1H3/t13-/m1/s1. The minimum absolute atomic E-state index is 0.0785. The predicted octanol–water partition coefficient (Wildman–Crippen LogP) is 3.13. The monoisotopic (exact) mass is 315 g/mol. The number of nitrogens with zero attached hydrogens (tertiary/aromatic N) is 3. The minimum Gasteiger partial charge on any atom is -0.437 e. The molecule has 6 heteroatoms. The summed E-state index contributed by atoms with van der Waals surface area (Å²) in [6.07, 6.45) is 5.11. The molecule has 1 atom stereocenters. The van der Waals surface area contributed by atoms with Crippen LogP contribution in [0.15, 0.2) is 36.7 Å². The van der Waals surface area contributed by atoms with Gasteiger partial charge in [0.25, 0.3) is 0 Å². The van der Waals surface area contributed by atoms with Gasteiger partial charge in [-0.15, -0.1) is 0 Å². The van der Waals surface area contributed by atoms with Gasteiger partial charge >= 0.3 is 0 Å². The number of hydrogen-bond acceptors (Lipinski definition) is 4. The quantitative estimate of drug-likeness (QED) is 0.873. The van der Waals surface area contributed by atoms with E-state index >= 15 is 0 Å². The summed E-state index contributed by atoms with van der Waals surface area (Å²) in [4.78, 5) is 22.0. The number of likely N-dealkylation sites (tertiary alicyclic amines) is 1. The van der Waals surface area contributed by atoms with Crippen LogP contribution >= 0.6 is 0 Å². The van der Waals surface area contributed by atoms with Crippen LogP contribution in [0.25, 0.3) is 0 Å². The van der Waals surface area contributed by atoms with Crippen molar-refractivity contribution in [3.63, 3.8) is 0 Å². The maximum Gasteiger partial charge on any atom is 0.238 e. The lowest BCUT2D eigenvalue weighted by atomic mass is 9.95. The first-order valence-electron chi connectivity index (χ1n) is 7.62. The van der Waals surface area contributed by atoms with Crippen molar-refractivity contribution >= 4 is 5.91 Å². The summed E-state index contributed by atoms with van der Waals surface area (Å²) in [6.45, 7) is 3.02. The van der Waals surface area contributed by atoms with E-state index in [1.165, 1.54) is 18.3 Å². The van der Waals surface area contributed by atoms with Crippen molar-refractivity contribution in [3.05, 3.63) is 48.2 Å². The molecule has 1 amide bonds. The van der Waals surface area contributed by atoms with Gasteiger partial charge in [0, 0.05) is 38.2 Å². The minimum atomic E-state index is -0.365. The highest BCUT2D eigenvalue weighted by Crippen LogP contribution is 2.27. The Morgan fingerprint density at radius 1 is 1.39 bits per heavy atom. The number of halogens is 1. The highest BCUT2D eigenvalue weighted by Gasteiger charge is 2.24. The first-order chi connectivity index (χ1) is 11.1. The Bertz CT molecular complexity index is 708. The van der Waals surface area contributed by atoms with E-state index in [4.69, 9.17) is 4.74 Å². The Morgan fingerprint density at radius 2 is 2.26 bits per heavy atom. The Balaban J connectivity index is 1.75. The van der Waals surface area contributed by atoms with Crippen molar-refractivity contribution in [2.75, 3.05) is 13.1 Å². The Hall–Kier alpha value is -2.50. The Labute approximate surface area is 134 Å². The zero-order chi connectivity index (χ0) is 16.2. The van der Waals surface area contributed by atoms with Crippen LogP contribution in [0.1, 0.15) is 31.4 Å². The predicted molar refractivity (Wildman–Crippen MR) is 82.7 cm³/mol. The molecule has 1 fully saturated rings. The van der Waals surface area contributed by atoms with Gasteiger partial charge in [-0.05, 0) is 25.0 Å². The summed E-state index contributed by atoms with van der Waals surface area (Å²) < 4.78 is 18.8. The number of ether oxygens (including phenoxy) is 1. The van der Waals surface area contributed by atoms with E-state index in [0.29, 0.717) is 18.2 Å². The third kappa shape index (κ3) is 3.83. The van der Waals surface area contributed by atoms with E-state index in [9.17, 15) is 9.18 Å². The molecule has 1 aliphatic heterocycles. The van der Waals surface area contributed by atoms with Crippen molar-refractivity contribution < 1.29 is 13.9 Å². The van der Waals surface area contributed by atoms with E-state index in [-0.39, 0.29) is 17.6 Å². The van der Waals surface area contributed by atoms with Gasteiger partial charge in [-0.25, -0.2) is 9.37 Å². The average molecular weight is 315 g/mol. The van der Waals surface area contributed by atoms with Gasteiger partial charge in [0.2, 0.25) is 11.8 Å². The molecule has 2 aromatic rings. The fourth-order valence-electron chi connectivity index (χ4n) is 2.76. The number of amides is 1. The third-order valence-electron chi connectivity index (χ3n) is 3.93. The number of benzene rings is 1. The first kappa shape index (κ1) is 15.4. The molecular formula is C17H18FN3O2. The average Bonchev–Trinajstić information content (AvgIpc) is 2.55. The van der Waals surface area contributed by atoms with Crippen molar-refractivity contribution in [1.29, 1.82) is 0 Å². The van der Waals surface area contributed by atoms with Crippen LogP contribution in [0.2, 0.25) is 0 Å². The molecule has 0 unspecified atom stereocenters. The molecule has 5 nitrogen and oxygen atoms in total. The molecule has 0 spiro atoms. The molecule has 1 saturated heterocycles. The van der Waals surface area contributed by atoms with Gasteiger partial charge < -0.3 is 9.64 Å². The molecule has 0 radical (unpaired) electrons. The van der Waals surface area contributed by atoms with Gasteiger partial charge in [-0.3, -0.25) is 9.78 Å². The second kappa shape index (κ2) is 6.73. The van der Waals surface area contributed by atoms with Gasteiger partial charge in [-0.1, -0.05) is 6.07 Å². The number of piperidine rings is 1. The van der Waals surface area contributed by atoms with Crippen molar-refractivity contribution in [3.8, 4) is 11.6 Å². The number of rotatable bonds is 3. The van der Waals surface area contributed by atoms with Crippen LogP contribution in [0.4, 0.5) is 4.39 Å². The van der Waals surface area contributed by atoms with Crippen LogP contribution in [0.3, 0.4) is 0 Å². The van der Waals surface area contributed by atoms with Gasteiger partial charge in [0.05, 0.1) is 11.9 Å². The second-order valence-corrected chi connectivity index (χ2v) is 5.65. The highest BCUT2D eigenvalue weighted by molar-refractivity contribution is 5.73. The SMILES string of the molecule is CC(=O)N1CCC[C@@H](c2cncc(Oc3cccc(F)c3)n2)C1. The van der Waals surface area contributed by atoms with E-state index in [2.05, 4.69) is 9.97 Å². The molecule has 0 N–H and O–H groups in total. The van der Waals surface area contributed by atoms with Crippen LogP contribution < -0.4 is 4.74 Å². The van der Waals surface area contributed by atoms with Gasteiger partial charge in [0.15, 0.2) is 0 Å². The summed E-state index contributed by atoms with van der Waals surface area (Å²) >= 11 is 0. The molecule has 0 aliphatic carbocycles. The van der Waals surface area contributed by atoms with E-state index in [1.807, 2.05) is 4.90 Å². The Kier molecular flexibility index (Phi) is 4.50. The lowest BCUT2D eigenvalue weighted by Crippen LogP contribution is -2.37. The number of carbonyl (C=O) groups is 1. The lowest BCUT2D eigenvalue weighted by Gasteiger charge is -2.31. The molecular weight excluding hydrogens is 297 g/mol. The third-order valence-corrected chi connectivity index (χ3v) is 3.93. The molecule has 0 bridgehead atoms. The molecule has 2 heterocycles. The highest BCUT2D eigenvalue weighted by atomic mass is 19.1. The molecule has 23 heavy (non-hydrogen) atoms. The smallest absolute Gasteiger partial charge is 0.238 e. The number of aromatic nitrogens is 2. The Morgan fingerprint density at radius 3 is 3.04 bits per heavy atom. The molecule has 1 aliphatic rings. The van der Waals surface area contributed by atoms with E-state index < -0.39 is 0 Å². The molecule has 0 saturated carbocycles. The number of carbonyl (C=O) groups excluding carboxylic acids is 1. The van der Waals surface area contributed by atoms with Crippen LogP contribution in [0, 0.1) is 5.82 Å². The molecule has 3 rings (SSSR count). The normalized spacial score (nSPS) is 17.8. The molecule has 1 aromatic heterocycles. The lowest BCUT2D eigenvalue weighted by molar-refractivity contribution is -0.130. The second-order valence-electron chi connectivity index (χ2n) is 5.65. The first-order valence-corrected chi connectivity index (χ1v) is 7.62. The fourth-order valence-corrected chi connectivity index (χ4v) is 2.76. The van der Waals surface area contributed by atoms with E-state index in [0.717, 1.165) is 25.1 Å². The van der Waals surface area contributed by atoms with Crippen LogP contribution in [0.5, 0.6) is 11.6 Å². The fraction of sp³-hybridized carbons (Fsp3) is 0.353. The summed E-state index contributed by atoms with van der Waals surface area (Å²) in [5.41, 5.74) is 0.796. The van der Waals surface area contributed by atoms with Crippen molar-refractivity contribution in [1.82, 2.24) is 14.9 Å². The maximum atomic E-state index is 13.2. The van der Waals surface area contributed by atoms with Crippen LogP contribution in [-0.4, -0.2) is 33.9 Å². The summed E-state index contributed by atoms with van der Waals surface area (Å²) in [6, 6.07) is 5.89. The largest absolute Gasteiger partial charge is 0.437 e. The summed E-state index contributed by atoms with van der Waals surface area (Å²) in [7, 11) is 0. The van der Waals surface area contributed by atoms with Crippen LogP contribution in [-0.2, 0) is 4.79 Å². The molecule has 1 aromatic carbocycles. The topological polar surface area (TPSA) is 55.3 Å². The zero-order valence-electron chi connectivity index (χ0n) is 12.9. The van der Waals surface area contributed by atoms with Crippen molar-refractivity contribution in [2.24, 2.45) is 0 Å². The number of hydrogen-bond donors (Lipinski definition) is 0. The zero-order valence-corrected chi connectivity index (χ0v) is 12.9. The maximum absolute atomic E-state index is 13.2.